The van der Waals surface area contributed by atoms with Crippen LogP contribution in [0.3, 0.4) is 0 Å². The van der Waals surface area contributed by atoms with E-state index in [4.69, 9.17) is 11.6 Å². The van der Waals surface area contributed by atoms with E-state index in [1.807, 2.05) is 30.3 Å². The van der Waals surface area contributed by atoms with Gasteiger partial charge in [0.25, 0.3) is 0 Å². The minimum Gasteiger partial charge on any atom is -0.478 e. The van der Waals surface area contributed by atoms with Crippen molar-refractivity contribution < 1.29 is 15.0 Å². The second-order valence-electron chi connectivity index (χ2n) is 5.79. The Kier molecular flexibility index (Phi) is 5.76. The fourth-order valence-corrected chi connectivity index (χ4v) is 3.07. The number of halogens is 2. The minimum atomic E-state index is -1.00. The standard InChI is InChI=1S/C19H16BrClN2O3/c20-12-4-5-17-15(7-12)16(19(25)26)8-18(23-17)11-2-1-3-13(6-11)22-10-14(24)9-21/h1-8,14,22,24H,9-10H2,(H,25,26). The fraction of sp³-hybridized carbons (Fsp3) is 0.158. The van der Waals surface area contributed by atoms with E-state index in [-0.39, 0.29) is 11.4 Å². The van der Waals surface area contributed by atoms with Gasteiger partial charge in [-0.15, -0.1) is 11.6 Å². The summed E-state index contributed by atoms with van der Waals surface area (Å²) in [4.78, 5) is 16.3. The Morgan fingerprint density at radius 1 is 1.23 bits per heavy atom. The number of aliphatic hydroxyl groups excluding tert-OH is 1. The number of fused-ring (bicyclic) bond motifs is 1. The van der Waals surface area contributed by atoms with Gasteiger partial charge in [0, 0.05) is 27.7 Å². The summed E-state index contributed by atoms with van der Waals surface area (Å²) in [7, 11) is 0. The zero-order chi connectivity index (χ0) is 18.7. The Balaban J connectivity index is 2.02. The molecular formula is C19H16BrClN2O3. The highest BCUT2D eigenvalue weighted by Crippen LogP contribution is 2.28. The van der Waals surface area contributed by atoms with Crippen LogP contribution in [0.25, 0.3) is 22.2 Å². The molecule has 0 amide bonds. The normalized spacial score (nSPS) is 12.1. The van der Waals surface area contributed by atoms with Gasteiger partial charge >= 0.3 is 5.97 Å². The van der Waals surface area contributed by atoms with Crippen molar-refractivity contribution in [3.05, 3.63) is 58.6 Å². The van der Waals surface area contributed by atoms with E-state index in [1.54, 1.807) is 18.2 Å². The lowest BCUT2D eigenvalue weighted by Crippen LogP contribution is -2.20. The third-order valence-electron chi connectivity index (χ3n) is 3.88. The number of benzene rings is 2. The highest BCUT2D eigenvalue weighted by atomic mass is 79.9. The van der Waals surface area contributed by atoms with E-state index >= 15 is 0 Å². The number of alkyl halides is 1. The highest BCUT2D eigenvalue weighted by molar-refractivity contribution is 9.10. The zero-order valence-electron chi connectivity index (χ0n) is 13.6. The molecule has 0 radical (unpaired) electrons. The number of nitrogens with zero attached hydrogens (tertiary/aromatic N) is 1. The van der Waals surface area contributed by atoms with Crippen LogP contribution in [0.15, 0.2) is 53.0 Å². The van der Waals surface area contributed by atoms with Crippen LogP contribution < -0.4 is 5.32 Å². The Labute approximate surface area is 163 Å². The van der Waals surface area contributed by atoms with Crippen LogP contribution in [0, 0.1) is 0 Å². The van der Waals surface area contributed by atoms with Crippen LogP contribution in [0.4, 0.5) is 5.69 Å². The Hall–Kier alpha value is -2.15. The second-order valence-corrected chi connectivity index (χ2v) is 7.02. The smallest absolute Gasteiger partial charge is 0.336 e. The average molecular weight is 436 g/mol. The molecule has 0 saturated carbocycles. The molecule has 0 fully saturated rings. The first-order chi connectivity index (χ1) is 12.5. The number of nitrogens with one attached hydrogen (secondary N) is 1. The predicted octanol–water partition coefficient (Wildman–Crippen LogP) is 4.37. The third kappa shape index (κ3) is 4.15. The van der Waals surface area contributed by atoms with Crippen LogP contribution in [-0.4, -0.2) is 39.7 Å². The molecule has 5 nitrogen and oxygen atoms in total. The fourth-order valence-electron chi connectivity index (χ4n) is 2.60. The number of aliphatic hydroxyl groups is 1. The van der Waals surface area contributed by atoms with E-state index in [0.29, 0.717) is 23.1 Å². The van der Waals surface area contributed by atoms with Crippen LogP contribution in [0.2, 0.25) is 0 Å². The molecule has 0 aliphatic rings. The van der Waals surface area contributed by atoms with Gasteiger partial charge in [0.05, 0.1) is 28.8 Å². The Bertz CT molecular complexity index is 965. The summed E-state index contributed by atoms with van der Waals surface area (Å²) in [5.74, 6) is -0.854. The molecule has 3 rings (SSSR count). The SMILES string of the molecule is O=C(O)c1cc(-c2cccc(NCC(O)CCl)c2)nc2ccc(Br)cc12. The number of carboxylic acid groups (broad SMARTS) is 1. The lowest BCUT2D eigenvalue weighted by atomic mass is 10.0. The summed E-state index contributed by atoms with van der Waals surface area (Å²) >= 11 is 8.96. The van der Waals surface area contributed by atoms with Gasteiger partial charge in [-0.2, -0.15) is 0 Å². The largest absolute Gasteiger partial charge is 0.478 e. The minimum absolute atomic E-state index is 0.149. The van der Waals surface area contributed by atoms with Gasteiger partial charge in [-0.3, -0.25) is 0 Å². The number of anilines is 1. The van der Waals surface area contributed by atoms with Gasteiger partial charge < -0.3 is 15.5 Å². The molecule has 0 aliphatic heterocycles. The van der Waals surface area contributed by atoms with E-state index in [0.717, 1.165) is 15.7 Å². The molecule has 1 aromatic heterocycles. The number of hydrogen-bond acceptors (Lipinski definition) is 4. The van der Waals surface area contributed by atoms with Gasteiger partial charge in [-0.25, -0.2) is 9.78 Å². The first kappa shape index (κ1) is 18.6. The lowest BCUT2D eigenvalue weighted by Gasteiger charge is -2.12. The van der Waals surface area contributed by atoms with Crippen molar-refractivity contribution in [2.24, 2.45) is 0 Å². The van der Waals surface area contributed by atoms with Gasteiger partial charge in [-0.05, 0) is 36.4 Å². The highest BCUT2D eigenvalue weighted by Gasteiger charge is 2.14. The summed E-state index contributed by atoms with van der Waals surface area (Å²) in [5, 5.41) is 22.8. The molecule has 0 spiro atoms. The van der Waals surface area contributed by atoms with E-state index < -0.39 is 12.1 Å². The van der Waals surface area contributed by atoms with Crippen LogP contribution in [0.1, 0.15) is 10.4 Å². The number of pyridine rings is 1. The van der Waals surface area contributed by atoms with Crippen molar-refractivity contribution in [1.82, 2.24) is 4.98 Å². The maximum atomic E-state index is 11.7. The first-order valence-electron chi connectivity index (χ1n) is 7.90. The summed E-state index contributed by atoms with van der Waals surface area (Å²) in [6, 6.07) is 14.4. The maximum absolute atomic E-state index is 11.7. The molecule has 0 saturated heterocycles. The molecule has 134 valence electrons. The maximum Gasteiger partial charge on any atom is 0.336 e. The lowest BCUT2D eigenvalue weighted by molar-refractivity contribution is 0.0699. The molecule has 1 unspecified atom stereocenters. The summed E-state index contributed by atoms with van der Waals surface area (Å²) in [5.41, 5.74) is 2.95. The second kappa shape index (κ2) is 8.03. The molecule has 26 heavy (non-hydrogen) atoms. The Morgan fingerprint density at radius 2 is 2.04 bits per heavy atom. The number of hydrogen-bond donors (Lipinski definition) is 3. The van der Waals surface area contributed by atoms with Crippen molar-refractivity contribution >= 4 is 50.1 Å². The molecule has 0 bridgehead atoms. The molecule has 2 aromatic carbocycles. The quantitative estimate of drug-likeness (QED) is 0.501. The molecule has 1 heterocycles. The van der Waals surface area contributed by atoms with Crippen LogP contribution in [-0.2, 0) is 0 Å². The van der Waals surface area contributed by atoms with E-state index in [1.165, 1.54) is 0 Å². The van der Waals surface area contributed by atoms with Crippen LogP contribution >= 0.6 is 27.5 Å². The monoisotopic (exact) mass is 434 g/mol. The first-order valence-corrected chi connectivity index (χ1v) is 9.22. The number of rotatable bonds is 6. The number of carbonyl (C=O) groups is 1. The van der Waals surface area contributed by atoms with Gasteiger partial charge in [0.15, 0.2) is 0 Å². The molecule has 1 atom stereocenters. The summed E-state index contributed by atoms with van der Waals surface area (Å²) in [6.07, 6.45) is -0.642. The summed E-state index contributed by atoms with van der Waals surface area (Å²) < 4.78 is 0.797. The van der Waals surface area contributed by atoms with Gasteiger partial charge in [-0.1, -0.05) is 28.1 Å². The van der Waals surface area contributed by atoms with E-state index in [9.17, 15) is 15.0 Å². The van der Waals surface area contributed by atoms with Crippen molar-refractivity contribution in [2.45, 2.75) is 6.10 Å². The van der Waals surface area contributed by atoms with Crippen molar-refractivity contribution in [3.8, 4) is 11.3 Å². The average Bonchev–Trinajstić information content (AvgIpc) is 2.65. The molecule has 3 aromatic rings. The zero-order valence-corrected chi connectivity index (χ0v) is 16.0. The molecule has 0 aliphatic carbocycles. The Morgan fingerprint density at radius 3 is 2.77 bits per heavy atom. The van der Waals surface area contributed by atoms with Gasteiger partial charge in [0.1, 0.15) is 0 Å². The third-order valence-corrected chi connectivity index (χ3v) is 4.73. The van der Waals surface area contributed by atoms with E-state index in [2.05, 4.69) is 26.2 Å². The summed E-state index contributed by atoms with van der Waals surface area (Å²) in [6.45, 7) is 0.326. The molecule has 3 N–H and O–H groups in total. The predicted molar refractivity (Wildman–Crippen MR) is 107 cm³/mol. The number of aromatic carboxylic acids is 1. The molecular weight excluding hydrogens is 420 g/mol. The topological polar surface area (TPSA) is 82.5 Å². The van der Waals surface area contributed by atoms with Crippen molar-refractivity contribution in [3.63, 3.8) is 0 Å². The number of aromatic nitrogens is 1. The van der Waals surface area contributed by atoms with Crippen LogP contribution in [0.5, 0.6) is 0 Å². The van der Waals surface area contributed by atoms with Gasteiger partial charge in [0.2, 0.25) is 0 Å². The molecule has 7 heteroatoms. The van der Waals surface area contributed by atoms with Crippen molar-refractivity contribution in [2.75, 3.05) is 17.7 Å². The van der Waals surface area contributed by atoms with Crippen molar-refractivity contribution in [1.29, 1.82) is 0 Å². The number of carboxylic acids is 1.